The van der Waals surface area contributed by atoms with Crippen LogP contribution in [0.15, 0.2) is 0 Å². The summed E-state index contributed by atoms with van der Waals surface area (Å²) in [4.78, 5) is 12.5. The number of ether oxygens (including phenoxy) is 1. The van der Waals surface area contributed by atoms with Crippen LogP contribution in [0.5, 0.6) is 0 Å². The van der Waals surface area contributed by atoms with Gasteiger partial charge in [-0.05, 0) is 34.1 Å². The number of carbonyl (C=O) groups is 1. The molecule has 1 rings (SSSR count). The molecule has 0 bridgehead atoms. The Bertz CT molecular complexity index is 457. The fourth-order valence-corrected chi connectivity index (χ4v) is 2.28. The number of nitrogens with zero attached hydrogens (tertiary/aromatic N) is 2. The molecule has 0 amide bonds. The van der Waals surface area contributed by atoms with Crippen molar-refractivity contribution in [3.8, 4) is 0 Å². The average Bonchev–Trinajstić information content (AvgIpc) is 2.66. The zero-order valence-corrected chi connectivity index (χ0v) is 13.2. The summed E-state index contributed by atoms with van der Waals surface area (Å²) < 4.78 is 7.40. The molecule has 108 valence electrons. The number of halogens is 1. The second kappa shape index (κ2) is 6.53. The Morgan fingerprint density at radius 3 is 2.53 bits per heavy atom. The van der Waals surface area contributed by atoms with E-state index in [-0.39, 0.29) is 12.2 Å². The summed E-state index contributed by atoms with van der Waals surface area (Å²) >= 11 is 6.23. The Balaban J connectivity index is 2.99. The van der Waals surface area contributed by atoms with Crippen molar-refractivity contribution >= 4 is 17.4 Å². The molecule has 0 aliphatic carbocycles. The topological polar surface area (TPSA) is 44.1 Å². The zero-order valence-electron chi connectivity index (χ0n) is 12.4. The second-order valence-electron chi connectivity index (χ2n) is 4.78. The van der Waals surface area contributed by atoms with Gasteiger partial charge < -0.3 is 4.74 Å². The predicted molar refractivity (Wildman–Crippen MR) is 76.7 cm³/mol. The first-order chi connectivity index (χ1) is 8.89. The molecule has 0 spiro atoms. The maximum Gasteiger partial charge on any atom is 0.170 e. The highest BCUT2D eigenvalue weighted by Crippen LogP contribution is 2.25. The van der Waals surface area contributed by atoms with E-state index in [9.17, 15) is 4.79 Å². The third-order valence-corrected chi connectivity index (χ3v) is 4.00. The summed E-state index contributed by atoms with van der Waals surface area (Å²) in [6.07, 6.45) is 0.911. The first-order valence-corrected chi connectivity index (χ1v) is 7.16. The lowest BCUT2D eigenvalue weighted by Gasteiger charge is -2.26. The molecule has 4 nitrogen and oxygen atoms in total. The van der Waals surface area contributed by atoms with Gasteiger partial charge in [-0.2, -0.15) is 5.10 Å². The molecule has 0 saturated heterocycles. The van der Waals surface area contributed by atoms with E-state index in [1.165, 1.54) is 0 Å². The molecule has 0 aromatic carbocycles. The highest BCUT2D eigenvalue weighted by molar-refractivity contribution is 6.32. The van der Waals surface area contributed by atoms with E-state index in [0.29, 0.717) is 24.6 Å². The van der Waals surface area contributed by atoms with Gasteiger partial charge in [0.25, 0.3) is 0 Å². The summed E-state index contributed by atoms with van der Waals surface area (Å²) in [7, 11) is 0. The van der Waals surface area contributed by atoms with Crippen molar-refractivity contribution in [1.29, 1.82) is 0 Å². The number of ketones is 1. The van der Waals surface area contributed by atoms with Crippen molar-refractivity contribution in [1.82, 2.24) is 9.78 Å². The normalized spacial score (nSPS) is 14.4. The average molecular weight is 287 g/mol. The molecule has 0 N–H and O–H groups in total. The van der Waals surface area contributed by atoms with Gasteiger partial charge in [0.1, 0.15) is 5.60 Å². The number of carbonyl (C=O) groups excluding carboxylic acids is 1. The van der Waals surface area contributed by atoms with Gasteiger partial charge in [0.15, 0.2) is 5.78 Å². The maximum absolute atomic E-state index is 12.5. The monoisotopic (exact) mass is 286 g/mol. The summed E-state index contributed by atoms with van der Waals surface area (Å²) in [5.41, 5.74) is 0.807. The van der Waals surface area contributed by atoms with Gasteiger partial charge in [0.05, 0.1) is 22.8 Å². The van der Waals surface area contributed by atoms with Crippen LogP contribution < -0.4 is 0 Å². The van der Waals surface area contributed by atoms with E-state index < -0.39 is 5.60 Å². The molecule has 19 heavy (non-hydrogen) atoms. The highest BCUT2D eigenvalue weighted by Gasteiger charge is 2.33. The number of aryl methyl sites for hydroxylation is 2. The SMILES string of the molecule is CCOC(C)(CC)C(=O)Cc1c(Cl)c(C)nn1CC. The molecular weight excluding hydrogens is 264 g/mol. The molecule has 5 heteroatoms. The van der Waals surface area contributed by atoms with Gasteiger partial charge in [0, 0.05) is 13.2 Å². The van der Waals surface area contributed by atoms with E-state index in [1.807, 2.05) is 34.6 Å². The van der Waals surface area contributed by atoms with Gasteiger partial charge in [-0.1, -0.05) is 18.5 Å². The van der Waals surface area contributed by atoms with Crippen LogP contribution in [0.3, 0.4) is 0 Å². The summed E-state index contributed by atoms with van der Waals surface area (Å²) in [6, 6.07) is 0. The molecule has 1 atom stereocenters. The molecule has 0 radical (unpaired) electrons. The summed E-state index contributed by atoms with van der Waals surface area (Å²) in [5, 5.41) is 4.92. The van der Waals surface area contributed by atoms with Crippen LogP contribution in [0.4, 0.5) is 0 Å². The first-order valence-electron chi connectivity index (χ1n) is 6.78. The van der Waals surface area contributed by atoms with Crippen molar-refractivity contribution in [2.75, 3.05) is 6.61 Å². The van der Waals surface area contributed by atoms with E-state index >= 15 is 0 Å². The minimum atomic E-state index is -0.741. The van der Waals surface area contributed by atoms with Crippen LogP contribution in [0.2, 0.25) is 5.02 Å². The second-order valence-corrected chi connectivity index (χ2v) is 5.16. The highest BCUT2D eigenvalue weighted by atomic mass is 35.5. The van der Waals surface area contributed by atoms with Crippen LogP contribution in [-0.4, -0.2) is 27.8 Å². The quantitative estimate of drug-likeness (QED) is 0.773. The number of aromatic nitrogens is 2. The van der Waals surface area contributed by atoms with Gasteiger partial charge in [-0.25, -0.2) is 0 Å². The molecule has 1 aromatic rings. The Labute approximate surface area is 120 Å². The third kappa shape index (κ3) is 3.37. The maximum atomic E-state index is 12.5. The largest absolute Gasteiger partial charge is 0.368 e. The predicted octanol–water partition coefficient (Wildman–Crippen LogP) is 3.18. The van der Waals surface area contributed by atoms with E-state index in [0.717, 1.165) is 11.4 Å². The van der Waals surface area contributed by atoms with Crippen LogP contribution in [0.1, 0.15) is 45.5 Å². The van der Waals surface area contributed by atoms with Crippen molar-refractivity contribution < 1.29 is 9.53 Å². The Hall–Kier alpha value is -0.870. The molecule has 0 aliphatic heterocycles. The van der Waals surface area contributed by atoms with E-state index in [1.54, 1.807) is 4.68 Å². The van der Waals surface area contributed by atoms with E-state index in [2.05, 4.69) is 5.10 Å². The standard InChI is InChI=1S/C14H23ClN2O2/c1-6-14(5,19-8-3)12(18)9-11-13(15)10(4)16-17(11)7-2/h6-9H2,1-5H3. The van der Waals surface area contributed by atoms with Gasteiger partial charge in [-0.15, -0.1) is 0 Å². The number of hydrogen-bond acceptors (Lipinski definition) is 3. The fraction of sp³-hybridized carbons (Fsp3) is 0.714. The molecule has 1 heterocycles. The van der Waals surface area contributed by atoms with Crippen LogP contribution in [0.25, 0.3) is 0 Å². The molecular formula is C14H23ClN2O2. The van der Waals surface area contributed by atoms with Crippen molar-refractivity contribution in [2.45, 2.75) is 59.6 Å². The summed E-state index contributed by atoms with van der Waals surface area (Å²) in [6.45, 7) is 10.8. The Morgan fingerprint density at radius 1 is 1.42 bits per heavy atom. The molecule has 1 aromatic heterocycles. The fourth-order valence-electron chi connectivity index (χ4n) is 2.08. The number of rotatable bonds is 7. The lowest BCUT2D eigenvalue weighted by Crippen LogP contribution is -2.39. The minimum absolute atomic E-state index is 0.0494. The smallest absolute Gasteiger partial charge is 0.170 e. The van der Waals surface area contributed by atoms with Crippen molar-refractivity contribution in [3.05, 3.63) is 16.4 Å². The summed E-state index contributed by atoms with van der Waals surface area (Å²) in [5.74, 6) is 0.0494. The Morgan fingerprint density at radius 2 is 2.05 bits per heavy atom. The molecule has 0 saturated carbocycles. The van der Waals surface area contributed by atoms with E-state index in [4.69, 9.17) is 16.3 Å². The third-order valence-electron chi connectivity index (χ3n) is 3.51. The number of hydrogen-bond donors (Lipinski definition) is 0. The molecule has 0 fully saturated rings. The lowest BCUT2D eigenvalue weighted by molar-refractivity contribution is -0.141. The van der Waals surface area contributed by atoms with Crippen molar-refractivity contribution in [3.63, 3.8) is 0 Å². The zero-order chi connectivity index (χ0) is 14.6. The van der Waals surface area contributed by atoms with Gasteiger partial charge in [0.2, 0.25) is 0 Å². The van der Waals surface area contributed by atoms with Crippen LogP contribution in [0, 0.1) is 6.92 Å². The van der Waals surface area contributed by atoms with Crippen molar-refractivity contribution in [2.24, 2.45) is 0 Å². The Kier molecular flexibility index (Phi) is 5.56. The van der Waals surface area contributed by atoms with Crippen LogP contribution >= 0.6 is 11.6 Å². The molecule has 1 unspecified atom stereocenters. The van der Waals surface area contributed by atoms with Gasteiger partial charge in [-0.3, -0.25) is 9.48 Å². The first kappa shape index (κ1) is 16.2. The van der Waals surface area contributed by atoms with Gasteiger partial charge >= 0.3 is 0 Å². The minimum Gasteiger partial charge on any atom is -0.368 e. The lowest BCUT2D eigenvalue weighted by atomic mass is 9.94. The van der Waals surface area contributed by atoms with Crippen LogP contribution in [-0.2, 0) is 22.5 Å². The number of Topliss-reactive ketones (excluding diaryl/α,β-unsaturated/α-hetero) is 1. The molecule has 0 aliphatic rings.